The van der Waals surface area contributed by atoms with Gasteiger partial charge in [-0.25, -0.2) is 0 Å². The van der Waals surface area contributed by atoms with Gasteiger partial charge in [-0.2, -0.15) is 0 Å². The van der Waals surface area contributed by atoms with Crippen LogP contribution in [-0.4, -0.2) is 38.1 Å². The van der Waals surface area contributed by atoms with E-state index in [9.17, 15) is 9.59 Å². The number of anilines is 1. The van der Waals surface area contributed by atoms with Gasteiger partial charge in [0.15, 0.2) is 0 Å². The fraction of sp³-hybridized carbons (Fsp3) is 0.500. The van der Waals surface area contributed by atoms with Crippen LogP contribution in [0.5, 0.6) is 0 Å². The molecule has 0 spiro atoms. The largest absolute Gasteiger partial charge is 0.385 e. The van der Waals surface area contributed by atoms with Gasteiger partial charge < -0.3 is 15.0 Å². The molecule has 0 aliphatic carbocycles. The van der Waals surface area contributed by atoms with Gasteiger partial charge in [-0.3, -0.25) is 9.59 Å². The van der Waals surface area contributed by atoms with Gasteiger partial charge in [0.2, 0.25) is 11.8 Å². The fourth-order valence-corrected chi connectivity index (χ4v) is 2.67. The predicted molar refractivity (Wildman–Crippen MR) is 81.2 cm³/mol. The van der Waals surface area contributed by atoms with E-state index in [2.05, 4.69) is 5.32 Å². The topological polar surface area (TPSA) is 58.6 Å². The minimum Gasteiger partial charge on any atom is -0.385 e. The molecule has 1 unspecified atom stereocenters. The molecule has 0 saturated carbocycles. The minimum absolute atomic E-state index is 0.105. The Morgan fingerprint density at radius 1 is 1.38 bits per heavy atom. The van der Waals surface area contributed by atoms with Crippen LogP contribution in [0, 0.1) is 0 Å². The van der Waals surface area contributed by atoms with E-state index in [1.807, 2.05) is 31.2 Å². The van der Waals surface area contributed by atoms with Crippen LogP contribution in [0.1, 0.15) is 25.3 Å². The van der Waals surface area contributed by atoms with E-state index in [0.717, 1.165) is 18.5 Å². The van der Waals surface area contributed by atoms with Crippen molar-refractivity contribution in [1.82, 2.24) is 5.32 Å². The van der Waals surface area contributed by atoms with Crippen molar-refractivity contribution in [2.45, 2.75) is 32.2 Å². The summed E-state index contributed by atoms with van der Waals surface area (Å²) in [6, 6.07) is 7.97. The number of fused-ring (bicyclic) bond motifs is 1. The molecule has 1 atom stereocenters. The number of hydrogen-bond acceptors (Lipinski definition) is 3. The van der Waals surface area contributed by atoms with Gasteiger partial charge in [0, 0.05) is 32.0 Å². The van der Waals surface area contributed by atoms with Gasteiger partial charge in [0.1, 0.15) is 6.42 Å². The molecule has 0 aromatic heterocycles. The number of nitrogens with one attached hydrogen (secondary N) is 1. The average Bonchev–Trinajstić information content (AvgIpc) is 2.79. The summed E-state index contributed by atoms with van der Waals surface area (Å²) >= 11 is 0. The predicted octanol–water partition coefficient (Wildman–Crippen LogP) is 1.51. The Hall–Kier alpha value is -1.88. The first-order valence-electron chi connectivity index (χ1n) is 7.29. The van der Waals surface area contributed by atoms with Crippen LogP contribution >= 0.6 is 0 Å². The van der Waals surface area contributed by atoms with Crippen molar-refractivity contribution in [3.63, 3.8) is 0 Å². The highest BCUT2D eigenvalue weighted by molar-refractivity contribution is 6.06. The lowest BCUT2D eigenvalue weighted by molar-refractivity contribution is -0.128. The molecule has 1 heterocycles. The Balaban J connectivity index is 1.90. The Morgan fingerprint density at radius 2 is 2.14 bits per heavy atom. The molecule has 1 N–H and O–H groups in total. The van der Waals surface area contributed by atoms with E-state index < -0.39 is 0 Å². The highest BCUT2D eigenvalue weighted by Crippen LogP contribution is 2.32. The van der Waals surface area contributed by atoms with Crippen molar-refractivity contribution in [3.05, 3.63) is 29.8 Å². The number of ether oxygens (including phenoxy) is 1. The molecule has 1 aromatic rings. The van der Waals surface area contributed by atoms with Crippen LogP contribution < -0.4 is 10.2 Å². The first kappa shape index (κ1) is 15.5. The van der Waals surface area contributed by atoms with Crippen LogP contribution in [-0.2, 0) is 20.7 Å². The zero-order valence-corrected chi connectivity index (χ0v) is 12.6. The maximum Gasteiger partial charge on any atom is 0.236 e. The van der Waals surface area contributed by atoms with E-state index in [1.165, 1.54) is 5.56 Å². The maximum atomic E-state index is 12.4. The van der Waals surface area contributed by atoms with Crippen molar-refractivity contribution >= 4 is 17.5 Å². The summed E-state index contributed by atoms with van der Waals surface area (Å²) in [7, 11) is 1.62. The first-order valence-corrected chi connectivity index (χ1v) is 7.29. The number of para-hydroxylation sites is 1. The van der Waals surface area contributed by atoms with Crippen LogP contribution in [0.3, 0.4) is 0 Å². The van der Waals surface area contributed by atoms with Crippen LogP contribution in [0.15, 0.2) is 24.3 Å². The third-order valence-corrected chi connectivity index (χ3v) is 3.64. The molecule has 0 fully saturated rings. The first-order chi connectivity index (χ1) is 10.1. The quantitative estimate of drug-likeness (QED) is 0.638. The van der Waals surface area contributed by atoms with Crippen molar-refractivity contribution in [2.75, 3.05) is 25.2 Å². The number of nitrogens with zero attached hydrogens (tertiary/aromatic N) is 1. The molecule has 2 amide bonds. The van der Waals surface area contributed by atoms with E-state index >= 15 is 0 Å². The summed E-state index contributed by atoms with van der Waals surface area (Å²) in [5.74, 6) is -0.371. The average molecular weight is 290 g/mol. The fourth-order valence-electron chi connectivity index (χ4n) is 2.67. The lowest BCUT2D eigenvalue weighted by Crippen LogP contribution is -2.39. The maximum absolute atomic E-state index is 12.4. The van der Waals surface area contributed by atoms with Crippen molar-refractivity contribution in [2.24, 2.45) is 0 Å². The molecule has 0 radical (unpaired) electrons. The second-order valence-electron chi connectivity index (χ2n) is 5.32. The summed E-state index contributed by atoms with van der Waals surface area (Å²) in [5, 5.41) is 2.74. The molecular formula is C16H22N2O3. The van der Waals surface area contributed by atoms with Gasteiger partial charge in [0.05, 0.1) is 0 Å². The number of carbonyl (C=O) groups is 2. The third-order valence-electron chi connectivity index (χ3n) is 3.64. The smallest absolute Gasteiger partial charge is 0.236 e. The lowest BCUT2D eigenvalue weighted by Gasteiger charge is -2.22. The molecule has 2 rings (SSSR count). The van der Waals surface area contributed by atoms with E-state index in [0.29, 0.717) is 13.2 Å². The van der Waals surface area contributed by atoms with Gasteiger partial charge in [-0.15, -0.1) is 0 Å². The molecule has 1 aliphatic rings. The van der Waals surface area contributed by atoms with Gasteiger partial charge in [-0.05, 0) is 31.4 Å². The summed E-state index contributed by atoms with van der Waals surface area (Å²) in [5.41, 5.74) is 2.10. The summed E-state index contributed by atoms with van der Waals surface area (Å²) in [6.45, 7) is 3.14. The third kappa shape index (κ3) is 3.82. The Labute approximate surface area is 125 Å². The van der Waals surface area contributed by atoms with Crippen LogP contribution in [0.25, 0.3) is 0 Å². The minimum atomic E-state index is -0.229. The van der Waals surface area contributed by atoms with Crippen molar-refractivity contribution in [1.29, 1.82) is 0 Å². The second-order valence-corrected chi connectivity index (χ2v) is 5.32. The zero-order valence-electron chi connectivity index (χ0n) is 12.6. The molecule has 114 valence electrons. The van der Waals surface area contributed by atoms with E-state index in [4.69, 9.17) is 4.74 Å². The van der Waals surface area contributed by atoms with Crippen LogP contribution in [0.2, 0.25) is 0 Å². The monoisotopic (exact) mass is 290 g/mol. The van der Waals surface area contributed by atoms with Crippen molar-refractivity contribution in [3.8, 4) is 0 Å². The van der Waals surface area contributed by atoms with Gasteiger partial charge in [0.25, 0.3) is 0 Å². The highest BCUT2D eigenvalue weighted by Gasteiger charge is 2.31. The molecule has 21 heavy (non-hydrogen) atoms. The van der Waals surface area contributed by atoms with E-state index in [1.54, 1.807) is 12.0 Å². The van der Waals surface area contributed by atoms with Gasteiger partial charge >= 0.3 is 0 Å². The molecule has 1 aliphatic heterocycles. The van der Waals surface area contributed by atoms with Gasteiger partial charge in [-0.1, -0.05) is 18.2 Å². The van der Waals surface area contributed by atoms with E-state index in [-0.39, 0.29) is 24.3 Å². The Kier molecular flexibility index (Phi) is 5.33. The molecule has 0 bridgehead atoms. The SMILES string of the molecule is COCCCNC(=O)CC(=O)N1c2ccccc2CC1C. The Bertz CT molecular complexity index is 516. The number of rotatable bonds is 6. The lowest BCUT2D eigenvalue weighted by atomic mass is 10.1. The summed E-state index contributed by atoms with van der Waals surface area (Å²) in [4.78, 5) is 25.9. The normalized spacial score (nSPS) is 16.7. The standard InChI is InChI=1S/C16H22N2O3/c1-12-10-13-6-3-4-7-14(13)18(12)16(20)11-15(19)17-8-5-9-21-2/h3-4,6-7,12H,5,8-11H2,1-2H3,(H,17,19). The Morgan fingerprint density at radius 3 is 2.90 bits per heavy atom. The molecule has 5 nitrogen and oxygen atoms in total. The van der Waals surface area contributed by atoms with Crippen molar-refractivity contribution < 1.29 is 14.3 Å². The number of methoxy groups -OCH3 is 1. The summed E-state index contributed by atoms with van der Waals surface area (Å²) in [6.07, 6.45) is 1.49. The molecule has 5 heteroatoms. The molecular weight excluding hydrogens is 268 g/mol. The highest BCUT2D eigenvalue weighted by atomic mass is 16.5. The molecule has 1 aromatic carbocycles. The number of carbonyl (C=O) groups excluding carboxylic acids is 2. The molecule has 0 saturated heterocycles. The zero-order chi connectivity index (χ0) is 15.2. The number of hydrogen-bond donors (Lipinski definition) is 1. The second kappa shape index (κ2) is 7.22. The van der Waals surface area contributed by atoms with Crippen LogP contribution in [0.4, 0.5) is 5.69 Å². The number of benzene rings is 1. The number of amides is 2. The summed E-state index contributed by atoms with van der Waals surface area (Å²) < 4.78 is 4.91.